The number of pyridine rings is 3. The fourth-order valence-electron chi connectivity index (χ4n) is 4.29. The SMILES string of the molecule is CCOc1nc([C@@H](C)F)ccc1-c1ccc2cnc(CNC(=O)c3cc(F)c4c(c3)S(=O)(=O)[C@@H](F)CCO4)cc2n1. The average Bonchev–Trinajstić information content (AvgIpc) is 3.06. The van der Waals surface area contributed by atoms with Crippen LogP contribution >= 0.6 is 0 Å². The summed E-state index contributed by atoms with van der Waals surface area (Å²) in [5.41, 5.74) is -0.288. The van der Waals surface area contributed by atoms with Crippen LogP contribution in [0.15, 0.2) is 53.6 Å². The van der Waals surface area contributed by atoms with Crippen LogP contribution in [-0.4, -0.2) is 48.0 Å². The Balaban J connectivity index is 1.39. The molecule has 3 aromatic heterocycles. The molecule has 0 saturated carbocycles. The minimum absolute atomic E-state index is 0.0940. The van der Waals surface area contributed by atoms with Crippen molar-refractivity contribution in [1.82, 2.24) is 20.3 Å². The molecule has 41 heavy (non-hydrogen) atoms. The zero-order valence-electron chi connectivity index (χ0n) is 22.0. The zero-order chi connectivity index (χ0) is 29.3. The minimum atomic E-state index is -4.53. The number of hydrogen-bond donors (Lipinski definition) is 1. The summed E-state index contributed by atoms with van der Waals surface area (Å²) in [6.45, 7) is 3.10. The molecule has 0 radical (unpaired) electrons. The number of carbonyl (C=O) groups is 1. The zero-order valence-corrected chi connectivity index (χ0v) is 22.8. The number of nitrogens with zero attached hydrogens (tertiary/aromatic N) is 3. The van der Waals surface area contributed by atoms with Crippen LogP contribution < -0.4 is 14.8 Å². The second-order valence-corrected chi connectivity index (χ2v) is 11.3. The number of sulfone groups is 1. The van der Waals surface area contributed by atoms with Gasteiger partial charge in [0.25, 0.3) is 5.91 Å². The van der Waals surface area contributed by atoms with Gasteiger partial charge in [-0.3, -0.25) is 9.78 Å². The summed E-state index contributed by atoms with van der Waals surface area (Å²) in [7, 11) is -4.53. The van der Waals surface area contributed by atoms with E-state index < -0.39 is 50.3 Å². The van der Waals surface area contributed by atoms with Gasteiger partial charge in [0.15, 0.2) is 11.6 Å². The molecule has 4 heterocycles. The van der Waals surface area contributed by atoms with Crippen molar-refractivity contribution in [2.24, 2.45) is 0 Å². The van der Waals surface area contributed by atoms with Gasteiger partial charge in [0.1, 0.15) is 11.1 Å². The van der Waals surface area contributed by atoms with E-state index >= 15 is 0 Å². The summed E-state index contributed by atoms with van der Waals surface area (Å²) < 4.78 is 78.3. The van der Waals surface area contributed by atoms with E-state index in [-0.39, 0.29) is 30.3 Å². The van der Waals surface area contributed by atoms with Crippen molar-refractivity contribution in [3.8, 4) is 22.9 Å². The van der Waals surface area contributed by atoms with Gasteiger partial charge < -0.3 is 14.8 Å². The van der Waals surface area contributed by atoms with Crippen molar-refractivity contribution >= 4 is 26.6 Å². The molecular weight excluding hydrogens is 561 g/mol. The Morgan fingerprint density at radius 1 is 1.20 bits per heavy atom. The molecule has 214 valence electrons. The fraction of sp³-hybridized carbons (Fsp3) is 0.286. The summed E-state index contributed by atoms with van der Waals surface area (Å²) in [4.78, 5) is 25.4. The summed E-state index contributed by atoms with van der Waals surface area (Å²) >= 11 is 0. The Hall–Kier alpha value is -4.26. The quantitative estimate of drug-likeness (QED) is 0.320. The lowest BCUT2D eigenvalue weighted by Gasteiger charge is -2.12. The van der Waals surface area contributed by atoms with Crippen LogP contribution in [0.25, 0.3) is 22.2 Å². The standard InChI is InChI=1S/C28H25F3N4O5S/c1-3-39-28-19(5-7-21(35-28)15(2)29)22-6-4-16-13-32-18(12-23(16)34-22)14-33-27(36)17-10-20(30)26-24(11-17)41(37,38)25(31)8-9-40-26/h4-7,10-13,15,25H,3,8-9,14H2,1-2H3,(H,33,36)/t15-,25-/m1/s1. The summed E-state index contributed by atoms with van der Waals surface area (Å²) in [5, 5.41) is 3.28. The molecule has 0 aliphatic carbocycles. The third-order valence-electron chi connectivity index (χ3n) is 6.41. The Labute approximate surface area is 233 Å². The van der Waals surface area contributed by atoms with Crippen LogP contribution in [0.2, 0.25) is 0 Å². The highest BCUT2D eigenvalue weighted by Crippen LogP contribution is 2.35. The minimum Gasteiger partial charge on any atom is -0.489 e. The topological polar surface area (TPSA) is 120 Å². The number of nitrogens with one attached hydrogen (secondary N) is 1. The van der Waals surface area contributed by atoms with E-state index in [1.54, 1.807) is 43.5 Å². The molecule has 0 fully saturated rings. The molecule has 13 heteroatoms. The molecule has 1 aliphatic rings. The first kappa shape index (κ1) is 28.3. The van der Waals surface area contributed by atoms with E-state index in [1.807, 2.05) is 0 Å². The third-order valence-corrected chi connectivity index (χ3v) is 8.24. The van der Waals surface area contributed by atoms with Crippen LogP contribution in [0.3, 0.4) is 0 Å². The van der Waals surface area contributed by atoms with Crippen molar-refractivity contribution in [2.45, 2.75) is 43.4 Å². The van der Waals surface area contributed by atoms with Crippen molar-refractivity contribution in [3.05, 3.63) is 71.4 Å². The van der Waals surface area contributed by atoms with Gasteiger partial charge in [0.2, 0.25) is 21.2 Å². The van der Waals surface area contributed by atoms with E-state index in [9.17, 15) is 26.4 Å². The lowest BCUT2D eigenvalue weighted by Crippen LogP contribution is -2.24. The van der Waals surface area contributed by atoms with E-state index in [0.717, 1.165) is 12.1 Å². The monoisotopic (exact) mass is 586 g/mol. The maximum absolute atomic E-state index is 14.7. The first-order valence-corrected chi connectivity index (χ1v) is 14.3. The second-order valence-electron chi connectivity index (χ2n) is 9.26. The molecule has 4 aromatic rings. The molecule has 1 amide bonds. The van der Waals surface area contributed by atoms with Gasteiger partial charge in [-0.25, -0.2) is 31.6 Å². The lowest BCUT2D eigenvalue weighted by molar-refractivity contribution is 0.0949. The van der Waals surface area contributed by atoms with E-state index in [0.29, 0.717) is 34.5 Å². The van der Waals surface area contributed by atoms with Gasteiger partial charge in [-0.15, -0.1) is 0 Å². The molecule has 0 bridgehead atoms. The van der Waals surface area contributed by atoms with Crippen LogP contribution in [-0.2, 0) is 16.4 Å². The number of ether oxygens (including phenoxy) is 2. The Morgan fingerprint density at radius 3 is 2.76 bits per heavy atom. The van der Waals surface area contributed by atoms with Crippen LogP contribution in [0.5, 0.6) is 11.6 Å². The molecule has 2 atom stereocenters. The Kier molecular flexibility index (Phi) is 7.80. The summed E-state index contributed by atoms with van der Waals surface area (Å²) in [6.07, 6.45) is -0.152. The van der Waals surface area contributed by atoms with Crippen molar-refractivity contribution in [2.75, 3.05) is 13.2 Å². The highest BCUT2D eigenvalue weighted by atomic mass is 32.2. The van der Waals surface area contributed by atoms with Gasteiger partial charge in [-0.2, -0.15) is 0 Å². The molecule has 5 rings (SSSR count). The lowest BCUT2D eigenvalue weighted by atomic mass is 10.1. The molecule has 0 unspecified atom stereocenters. The highest BCUT2D eigenvalue weighted by Gasteiger charge is 2.35. The Morgan fingerprint density at radius 2 is 2.00 bits per heavy atom. The number of hydrogen-bond acceptors (Lipinski definition) is 8. The molecular formula is C28H25F3N4O5S. The van der Waals surface area contributed by atoms with E-state index in [2.05, 4.69) is 20.3 Å². The number of halogens is 3. The Bertz CT molecular complexity index is 1750. The van der Waals surface area contributed by atoms with Crippen LogP contribution in [0.1, 0.15) is 48.2 Å². The van der Waals surface area contributed by atoms with Gasteiger partial charge in [0, 0.05) is 23.6 Å². The summed E-state index contributed by atoms with van der Waals surface area (Å²) in [5.74, 6) is -2.22. The summed E-state index contributed by atoms with van der Waals surface area (Å²) in [6, 6.07) is 10.2. The van der Waals surface area contributed by atoms with Crippen LogP contribution in [0, 0.1) is 5.82 Å². The number of fused-ring (bicyclic) bond motifs is 2. The predicted octanol–water partition coefficient (Wildman–Crippen LogP) is 5.04. The largest absolute Gasteiger partial charge is 0.489 e. The average molecular weight is 587 g/mol. The molecule has 0 spiro atoms. The fourth-order valence-corrected chi connectivity index (χ4v) is 5.68. The number of benzene rings is 1. The van der Waals surface area contributed by atoms with E-state index in [4.69, 9.17) is 9.47 Å². The smallest absolute Gasteiger partial charge is 0.251 e. The van der Waals surface area contributed by atoms with Crippen LogP contribution in [0.4, 0.5) is 13.2 Å². The molecule has 9 nitrogen and oxygen atoms in total. The first-order valence-electron chi connectivity index (χ1n) is 12.7. The highest BCUT2D eigenvalue weighted by molar-refractivity contribution is 7.92. The van der Waals surface area contributed by atoms with Gasteiger partial charge in [-0.05, 0) is 56.3 Å². The third kappa shape index (κ3) is 5.67. The normalized spacial score (nSPS) is 16.8. The number of alkyl halides is 2. The molecule has 0 saturated heterocycles. The maximum atomic E-state index is 14.7. The van der Waals surface area contributed by atoms with Crippen molar-refractivity contribution in [3.63, 3.8) is 0 Å². The molecule has 1 aliphatic heterocycles. The number of aromatic nitrogens is 3. The van der Waals surface area contributed by atoms with Gasteiger partial charge >= 0.3 is 0 Å². The van der Waals surface area contributed by atoms with Crippen molar-refractivity contribution < 1.29 is 35.9 Å². The second kappa shape index (κ2) is 11.3. The van der Waals surface area contributed by atoms with Crippen molar-refractivity contribution in [1.29, 1.82) is 0 Å². The first-order chi connectivity index (χ1) is 19.6. The number of carbonyl (C=O) groups excluding carboxylic acids is 1. The molecule has 1 aromatic carbocycles. The maximum Gasteiger partial charge on any atom is 0.251 e. The van der Waals surface area contributed by atoms with Gasteiger partial charge in [-0.1, -0.05) is 0 Å². The van der Waals surface area contributed by atoms with E-state index in [1.165, 1.54) is 6.92 Å². The predicted molar refractivity (Wildman–Crippen MR) is 143 cm³/mol. The molecule has 1 N–H and O–H groups in total. The number of rotatable bonds is 7. The number of amides is 1. The van der Waals surface area contributed by atoms with Gasteiger partial charge in [0.05, 0.1) is 47.9 Å².